The number of aromatic carboxylic acids is 1. The normalized spacial score (nSPS) is 10.2. The molecule has 15 heavy (non-hydrogen) atoms. The van der Waals surface area contributed by atoms with Gasteiger partial charge < -0.3 is 9.63 Å². The second kappa shape index (κ2) is 3.49. The Kier molecular flexibility index (Phi) is 2.17. The summed E-state index contributed by atoms with van der Waals surface area (Å²) in [6.07, 6.45) is 1.58. The summed E-state index contributed by atoms with van der Waals surface area (Å²) in [5.74, 6) is -1.47. The van der Waals surface area contributed by atoms with E-state index in [2.05, 4.69) is 15.1 Å². The van der Waals surface area contributed by atoms with Crippen LogP contribution in [-0.2, 0) is 0 Å². The maximum absolute atomic E-state index is 10.5. The van der Waals surface area contributed by atoms with Crippen molar-refractivity contribution < 1.29 is 14.4 Å². The van der Waals surface area contributed by atoms with Crippen LogP contribution in [0.5, 0.6) is 0 Å². The van der Waals surface area contributed by atoms with Gasteiger partial charge in [0, 0.05) is 6.20 Å². The first-order valence-corrected chi connectivity index (χ1v) is 4.17. The first-order valence-electron chi connectivity index (χ1n) is 4.17. The van der Waals surface area contributed by atoms with E-state index < -0.39 is 5.97 Å². The van der Waals surface area contributed by atoms with Gasteiger partial charge in [-0.05, 0) is 23.7 Å². The molecule has 0 radical (unpaired) electrons. The van der Waals surface area contributed by atoms with E-state index in [1.807, 2.05) is 13.0 Å². The molecule has 76 valence electrons. The van der Waals surface area contributed by atoms with Gasteiger partial charge in [-0.15, -0.1) is 0 Å². The first kappa shape index (κ1) is 9.32. The zero-order valence-electron chi connectivity index (χ0n) is 7.84. The Morgan fingerprint density at radius 3 is 2.93 bits per heavy atom. The smallest absolute Gasteiger partial charge is 0.377 e. The molecule has 2 aromatic rings. The van der Waals surface area contributed by atoms with Gasteiger partial charge in [-0.1, -0.05) is 6.07 Å². The van der Waals surface area contributed by atoms with Crippen LogP contribution < -0.4 is 0 Å². The second-order valence-corrected chi connectivity index (χ2v) is 2.90. The maximum atomic E-state index is 10.5. The predicted octanol–water partition coefficient (Wildman–Crippen LogP) is 1.14. The van der Waals surface area contributed by atoms with Crippen LogP contribution in [0.3, 0.4) is 0 Å². The summed E-state index contributed by atoms with van der Waals surface area (Å²) in [5.41, 5.74) is 1.34. The van der Waals surface area contributed by atoms with Gasteiger partial charge in [-0.25, -0.2) is 4.79 Å². The lowest BCUT2D eigenvalue weighted by atomic mass is 10.2. The molecular weight excluding hydrogens is 198 g/mol. The molecule has 0 spiro atoms. The number of carboxylic acids is 1. The van der Waals surface area contributed by atoms with Crippen molar-refractivity contribution in [1.82, 2.24) is 15.1 Å². The molecular formula is C9H7N3O3. The highest BCUT2D eigenvalue weighted by molar-refractivity contribution is 5.83. The van der Waals surface area contributed by atoms with Gasteiger partial charge in [0.05, 0.1) is 0 Å². The van der Waals surface area contributed by atoms with Gasteiger partial charge in [0.2, 0.25) is 0 Å². The summed E-state index contributed by atoms with van der Waals surface area (Å²) >= 11 is 0. The van der Waals surface area contributed by atoms with E-state index in [0.29, 0.717) is 5.69 Å². The standard InChI is InChI=1S/C9H7N3O3/c1-5-3-2-4-10-6(5)8-11-7(9(13)14)12-15-8/h2-4H,1H3,(H,13,14). The minimum Gasteiger partial charge on any atom is -0.475 e. The van der Waals surface area contributed by atoms with E-state index in [4.69, 9.17) is 9.63 Å². The molecule has 0 amide bonds. The molecule has 1 N–H and O–H groups in total. The van der Waals surface area contributed by atoms with Crippen molar-refractivity contribution in [2.24, 2.45) is 0 Å². The van der Waals surface area contributed by atoms with Crippen molar-refractivity contribution >= 4 is 5.97 Å². The fraction of sp³-hybridized carbons (Fsp3) is 0.111. The summed E-state index contributed by atoms with van der Waals surface area (Å²) in [6.45, 7) is 1.83. The van der Waals surface area contributed by atoms with Crippen LogP contribution in [0, 0.1) is 6.92 Å². The molecule has 6 nitrogen and oxygen atoms in total. The van der Waals surface area contributed by atoms with Crippen molar-refractivity contribution in [1.29, 1.82) is 0 Å². The van der Waals surface area contributed by atoms with Crippen LogP contribution in [0.15, 0.2) is 22.9 Å². The number of aromatic nitrogens is 3. The fourth-order valence-corrected chi connectivity index (χ4v) is 1.12. The molecule has 6 heteroatoms. The van der Waals surface area contributed by atoms with Crippen molar-refractivity contribution in [3.8, 4) is 11.6 Å². The molecule has 0 bridgehead atoms. The van der Waals surface area contributed by atoms with Crippen LogP contribution in [0.2, 0.25) is 0 Å². The molecule has 2 aromatic heterocycles. The third-order valence-corrected chi connectivity index (χ3v) is 1.83. The topological polar surface area (TPSA) is 89.1 Å². The monoisotopic (exact) mass is 205 g/mol. The van der Waals surface area contributed by atoms with Crippen LogP contribution in [0.1, 0.15) is 16.2 Å². The maximum Gasteiger partial charge on any atom is 0.377 e. The van der Waals surface area contributed by atoms with E-state index in [1.165, 1.54) is 0 Å². The van der Waals surface area contributed by atoms with Crippen molar-refractivity contribution in [3.63, 3.8) is 0 Å². The summed E-state index contributed by atoms with van der Waals surface area (Å²) in [6, 6.07) is 3.60. The average Bonchev–Trinajstić information content (AvgIpc) is 2.67. The number of aryl methyl sites for hydroxylation is 1. The summed E-state index contributed by atoms with van der Waals surface area (Å²) < 4.78 is 4.79. The Balaban J connectivity index is 2.46. The first-order chi connectivity index (χ1) is 7.18. The van der Waals surface area contributed by atoms with E-state index in [0.717, 1.165) is 5.56 Å². The zero-order valence-corrected chi connectivity index (χ0v) is 7.84. The Morgan fingerprint density at radius 2 is 2.33 bits per heavy atom. The number of hydrogen-bond acceptors (Lipinski definition) is 5. The lowest BCUT2D eigenvalue weighted by Gasteiger charge is -1.96. The summed E-state index contributed by atoms with van der Waals surface area (Å²) in [7, 11) is 0. The fourth-order valence-electron chi connectivity index (χ4n) is 1.12. The van der Waals surface area contributed by atoms with Gasteiger partial charge in [0.1, 0.15) is 5.69 Å². The molecule has 0 saturated heterocycles. The van der Waals surface area contributed by atoms with Crippen molar-refractivity contribution in [3.05, 3.63) is 29.7 Å². The van der Waals surface area contributed by atoms with E-state index >= 15 is 0 Å². The highest BCUT2D eigenvalue weighted by Gasteiger charge is 2.16. The number of rotatable bonds is 2. The van der Waals surface area contributed by atoms with Gasteiger partial charge in [-0.2, -0.15) is 4.98 Å². The van der Waals surface area contributed by atoms with E-state index in [1.54, 1.807) is 12.3 Å². The third-order valence-electron chi connectivity index (χ3n) is 1.83. The lowest BCUT2D eigenvalue weighted by Crippen LogP contribution is -1.98. The molecule has 0 aliphatic rings. The van der Waals surface area contributed by atoms with Crippen molar-refractivity contribution in [2.45, 2.75) is 6.92 Å². The number of hydrogen-bond donors (Lipinski definition) is 1. The number of carboxylic acid groups (broad SMARTS) is 1. The third kappa shape index (κ3) is 1.69. The number of carbonyl (C=O) groups is 1. The van der Waals surface area contributed by atoms with Crippen LogP contribution in [0.4, 0.5) is 0 Å². The van der Waals surface area contributed by atoms with Crippen LogP contribution >= 0.6 is 0 Å². The minimum atomic E-state index is -1.22. The molecule has 0 saturated carbocycles. The molecule has 0 aliphatic carbocycles. The minimum absolute atomic E-state index is 0.116. The molecule has 0 fully saturated rings. The summed E-state index contributed by atoms with van der Waals surface area (Å²) in [4.78, 5) is 18.3. The molecule has 0 aliphatic heterocycles. The van der Waals surface area contributed by atoms with Gasteiger partial charge in [0.25, 0.3) is 11.7 Å². The molecule has 2 heterocycles. The van der Waals surface area contributed by atoms with Gasteiger partial charge in [0.15, 0.2) is 0 Å². The zero-order chi connectivity index (χ0) is 10.8. The molecule has 0 atom stereocenters. The lowest BCUT2D eigenvalue weighted by molar-refractivity contribution is 0.0680. The van der Waals surface area contributed by atoms with Crippen LogP contribution in [0.25, 0.3) is 11.6 Å². The SMILES string of the molecule is Cc1cccnc1-c1nc(C(=O)O)no1. The molecule has 2 rings (SSSR count). The van der Waals surface area contributed by atoms with E-state index in [-0.39, 0.29) is 11.7 Å². The van der Waals surface area contributed by atoms with Gasteiger partial charge in [-0.3, -0.25) is 4.98 Å². The Hall–Kier alpha value is -2.24. The number of pyridine rings is 1. The Morgan fingerprint density at radius 1 is 1.53 bits per heavy atom. The predicted molar refractivity (Wildman–Crippen MR) is 49.2 cm³/mol. The largest absolute Gasteiger partial charge is 0.475 e. The Bertz CT molecular complexity index is 507. The van der Waals surface area contributed by atoms with Crippen LogP contribution in [-0.4, -0.2) is 26.2 Å². The molecule has 0 unspecified atom stereocenters. The van der Waals surface area contributed by atoms with Crippen molar-refractivity contribution in [2.75, 3.05) is 0 Å². The second-order valence-electron chi connectivity index (χ2n) is 2.90. The average molecular weight is 205 g/mol. The number of nitrogens with zero attached hydrogens (tertiary/aromatic N) is 3. The van der Waals surface area contributed by atoms with E-state index in [9.17, 15) is 4.79 Å². The molecule has 0 aromatic carbocycles. The highest BCUT2D eigenvalue weighted by Crippen LogP contribution is 2.17. The highest BCUT2D eigenvalue weighted by atomic mass is 16.5. The quantitative estimate of drug-likeness (QED) is 0.790. The van der Waals surface area contributed by atoms with Gasteiger partial charge >= 0.3 is 5.97 Å². The Labute approximate surface area is 84.6 Å². The summed E-state index contributed by atoms with van der Waals surface area (Å²) in [5, 5.41) is 11.9.